The molecule has 28 heavy (non-hydrogen) atoms. The van der Waals surface area contributed by atoms with Gasteiger partial charge in [0.2, 0.25) is 10.0 Å². The van der Waals surface area contributed by atoms with Crippen LogP contribution in [0.5, 0.6) is 0 Å². The van der Waals surface area contributed by atoms with E-state index in [0.717, 1.165) is 36.7 Å². The van der Waals surface area contributed by atoms with Gasteiger partial charge in [0, 0.05) is 18.3 Å². The summed E-state index contributed by atoms with van der Waals surface area (Å²) in [5.41, 5.74) is 1.29. The maximum absolute atomic E-state index is 14.1. The second-order valence-electron chi connectivity index (χ2n) is 7.12. The van der Waals surface area contributed by atoms with E-state index in [2.05, 4.69) is 14.9 Å². The van der Waals surface area contributed by atoms with Gasteiger partial charge < -0.3 is 10.2 Å². The average molecular weight is 408 g/mol. The van der Waals surface area contributed by atoms with Gasteiger partial charge in [0.05, 0.1) is 10.5 Å². The van der Waals surface area contributed by atoms with E-state index in [9.17, 15) is 17.6 Å². The van der Waals surface area contributed by atoms with Gasteiger partial charge in [0.25, 0.3) is 5.91 Å². The van der Waals surface area contributed by atoms with E-state index >= 15 is 0 Å². The third-order valence-corrected chi connectivity index (χ3v) is 5.60. The third kappa shape index (κ3) is 6.12. The maximum Gasteiger partial charge on any atom is 0.258 e. The summed E-state index contributed by atoms with van der Waals surface area (Å²) in [4.78, 5) is 14.4. The smallest absolute Gasteiger partial charge is 0.258 e. The lowest BCUT2D eigenvalue weighted by molar-refractivity contribution is 0.102. The van der Waals surface area contributed by atoms with Gasteiger partial charge in [0.1, 0.15) is 5.82 Å². The number of carbonyl (C=O) groups is 1. The van der Waals surface area contributed by atoms with Gasteiger partial charge in [-0.05, 0) is 70.3 Å². The molecule has 0 aliphatic heterocycles. The number of hydrogen-bond donors (Lipinski definition) is 2. The molecule has 0 aromatic heterocycles. The molecule has 0 saturated carbocycles. The largest absolute Gasteiger partial charge is 0.322 e. The number of benzene rings is 2. The SMILES string of the molecule is CC(C)NS(=O)(=O)c1ccc(F)c(C(=O)Nc2ccc(CCN(C)C)cc2)c1. The lowest BCUT2D eigenvalue weighted by Gasteiger charge is -2.12. The van der Waals surface area contributed by atoms with Crippen LogP contribution in [0.2, 0.25) is 0 Å². The van der Waals surface area contributed by atoms with Gasteiger partial charge in [-0.25, -0.2) is 17.5 Å². The lowest BCUT2D eigenvalue weighted by Crippen LogP contribution is -2.30. The number of carbonyl (C=O) groups excluding carboxylic acids is 1. The van der Waals surface area contributed by atoms with E-state index in [0.29, 0.717) is 5.69 Å². The molecule has 152 valence electrons. The Hall–Kier alpha value is -2.29. The molecule has 0 saturated heterocycles. The molecular formula is C20H26FN3O3S. The molecule has 1 amide bonds. The molecule has 0 aliphatic rings. The molecule has 0 atom stereocenters. The number of likely N-dealkylation sites (N-methyl/N-ethyl adjacent to an activating group) is 1. The van der Waals surface area contributed by atoms with E-state index in [1.165, 1.54) is 0 Å². The fraction of sp³-hybridized carbons (Fsp3) is 0.350. The Labute approximate surface area is 165 Å². The van der Waals surface area contributed by atoms with E-state index < -0.39 is 21.7 Å². The molecule has 0 fully saturated rings. The minimum absolute atomic E-state index is 0.160. The first kappa shape index (κ1) is 22.0. The number of nitrogens with one attached hydrogen (secondary N) is 2. The summed E-state index contributed by atoms with van der Waals surface area (Å²) in [5.74, 6) is -1.50. The highest BCUT2D eigenvalue weighted by molar-refractivity contribution is 7.89. The second kappa shape index (κ2) is 9.27. The van der Waals surface area contributed by atoms with Crippen LogP contribution in [-0.4, -0.2) is 45.9 Å². The van der Waals surface area contributed by atoms with Crippen molar-refractivity contribution in [3.63, 3.8) is 0 Å². The Morgan fingerprint density at radius 1 is 1.11 bits per heavy atom. The first-order valence-electron chi connectivity index (χ1n) is 8.95. The third-order valence-electron chi connectivity index (χ3n) is 3.94. The van der Waals surface area contributed by atoms with Crippen LogP contribution in [0, 0.1) is 5.82 Å². The fourth-order valence-corrected chi connectivity index (χ4v) is 3.81. The van der Waals surface area contributed by atoms with Crippen LogP contribution < -0.4 is 10.0 Å². The molecule has 2 aromatic rings. The van der Waals surface area contributed by atoms with E-state index in [1.54, 1.807) is 26.0 Å². The van der Waals surface area contributed by atoms with Crippen LogP contribution >= 0.6 is 0 Å². The fourth-order valence-electron chi connectivity index (χ4n) is 2.53. The van der Waals surface area contributed by atoms with Crippen molar-refractivity contribution < 1.29 is 17.6 Å². The summed E-state index contributed by atoms with van der Waals surface area (Å²) in [6.45, 7) is 4.26. The highest BCUT2D eigenvalue weighted by atomic mass is 32.2. The molecule has 8 heteroatoms. The summed E-state index contributed by atoms with van der Waals surface area (Å²) in [6.07, 6.45) is 0.874. The van der Waals surface area contributed by atoms with Crippen molar-refractivity contribution in [1.82, 2.24) is 9.62 Å². The van der Waals surface area contributed by atoms with Crippen molar-refractivity contribution in [2.75, 3.05) is 26.0 Å². The predicted molar refractivity (Wildman–Crippen MR) is 109 cm³/mol. The topological polar surface area (TPSA) is 78.5 Å². The van der Waals surface area contributed by atoms with Crippen LogP contribution in [0.25, 0.3) is 0 Å². The zero-order chi connectivity index (χ0) is 20.9. The van der Waals surface area contributed by atoms with Gasteiger partial charge in [-0.2, -0.15) is 0 Å². The summed E-state index contributed by atoms with van der Waals surface area (Å²) in [6, 6.07) is 10.1. The van der Waals surface area contributed by atoms with Crippen molar-refractivity contribution in [1.29, 1.82) is 0 Å². The van der Waals surface area contributed by atoms with E-state index in [4.69, 9.17) is 0 Å². The zero-order valence-corrected chi connectivity index (χ0v) is 17.3. The Morgan fingerprint density at radius 2 is 1.75 bits per heavy atom. The summed E-state index contributed by atoms with van der Waals surface area (Å²) in [5, 5.41) is 2.61. The van der Waals surface area contributed by atoms with Gasteiger partial charge in [-0.15, -0.1) is 0 Å². The molecule has 6 nitrogen and oxygen atoms in total. The van der Waals surface area contributed by atoms with Crippen LogP contribution in [0.3, 0.4) is 0 Å². The van der Waals surface area contributed by atoms with Crippen molar-refractivity contribution in [2.24, 2.45) is 0 Å². The zero-order valence-electron chi connectivity index (χ0n) is 16.5. The van der Waals surface area contributed by atoms with Gasteiger partial charge in [-0.3, -0.25) is 4.79 Å². The summed E-state index contributed by atoms with van der Waals surface area (Å²) < 4.78 is 41.1. The standard InChI is InChI=1S/C20H26FN3O3S/c1-14(2)23-28(26,27)17-9-10-19(21)18(13-17)20(25)22-16-7-5-15(6-8-16)11-12-24(3)4/h5-10,13-14,23H,11-12H2,1-4H3,(H,22,25). The first-order valence-corrected chi connectivity index (χ1v) is 10.4. The van der Waals surface area contributed by atoms with Crippen LogP contribution in [-0.2, 0) is 16.4 Å². The average Bonchev–Trinajstić information content (AvgIpc) is 2.60. The summed E-state index contributed by atoms with van der Waals surface area (Å²) >= 11 is 0. The van der Waals surface area contributed by atoms with Crippen LogP contribution in [0.4, 0.5) is 10.1 Å². The number of amides is 1. The number of halogens is 1. The Bertz CT molecular complexity index is 926. The number of nitrogens with zero attached hydrogens (tertiary/aromatic N) is 1. The quantitative estimate of drug-likeness (QED) is 0.705. The highest BCUT2D eigenvalue weighted by Gasteiger charge is 2.20. The number of anilines is 1. The molecule has 2 rings (SSSR count). The van der Waals surface area contributed by atoms with Crippen molar-refractivity contribution in [3.8, 4) is 0 Å². The van der Waals surface area contributed by atoms with Crippen LogP contribution in [0.1, 0.15) is 29.8 Å². The predicted octanol–water partition coefficient (Wildman–Crippen LogP) is 2.87. The molecule has 0 spiro atoms. The second-order valence-corrected chi connectivity index (χ2v) is 8.84. The van der Waals surface area contributed by atoms with E-state index in [-0.39, 0.29) is 16.5 Å². The van der Waals surface area contributed by atoms with Crippen LogP contribution in [0.15, 0.2) is 47.4 Å². The number of sulfonamides is 1. The number of hydrogen-bond acceptors (Lipinski definition) is 4. The van der Waals surface area contributed by atoms with Crippen molar-refractivity contribution in [2.45, 2.75) is 31.2 Å². The Kier molecular flexibility index (Phi) is 7.29. The Balaban J connectivity index is 2.17. The minimum atomic E-state index is -3.82. The van der Waals surface area contributed by atoms with Gasteiger partial charge in [-0.1, -0.05) is 12.1 Å². The summed E-state index contributed by atoms with van der Waals surface area (Å²) in [7, 11) is 0.164. The lowest BCUT2D eigenvalue weighted by atomic mass is 10.1. The highest BCUT2D eigenvalue weighted by Crippen LogP contribution is 2.18. The molecule has 0 bridgehead atoms. The number of rotatable bonds is 8. The minimum Gasteiger partial charge on any atom is -0.322 e. The maximum atomic E-state index is 14.1. The van der Waals surface area contributed by atoms with Gasteiger partial charge >= 0.3 is 0 Å². The monoisotopic (exact) mass is 407 g/mol. The Morgan fingerprint density at radius 3 is 2.32 bits per heavy atom. The van der Waals surface area contributed by atoms with Crippen molar-refractivity contribution in [3.05, 3.63) is 59.4 Å². The molecular weight excluding hydrogens is 381 g/mol. The molecule has 0 unspecified atom stereocenters. The van der Waals surface area contributed by atoms with Gasteiger partial charge in [0.15, 0.2) is 0 Å². The molecule has 2 N–H and O–H groups in total. The van der Waals surface area contributed by atoms with Crippen molar-refractivity contribution >= 4 is 21.6 Å². The normalized spacial score (nSPS) is 11.8. The molecule has 2 aromatic carbocycles. The van der Waals surface area contributed by atoms with E-state index in [1.807, 2.05) is 26.2 Å². The molecule has 0 radical (unpaired) electrons. The first-order chi connectivity index (χ1) is 13.1. The molecule has 0 aliphatic carbocycles. The molecule has 0 heterocycles.